The minimum absolute atomic E-state index is 0. The van der Waals surface area contributed by atoms with Gasteiger partial charge < -0.3 is 16.4 Å². The predicted molar refractivity (Wildman–Crippen MR) is 145 cm³/mol. The fourth-order valence-corrected chi connectivity index (χ4v) is 4.61. The minimum Gasteiger partial charge on any atom is -0.396 e. The second kappa shape index (κ2) is 10.9. The maximum absolute atomic E-state index is 15.4. The van der Waals surface area contributed by atoms with Crippen LogP contribution in [0.4, 0.5) is 27.4 Å². The van der Waals surface area contributed by atoms with E-state index in [1.54, 1.807) is 35.5 Å². The van der Waals surface area contributed by atoms with Crippen LogP contribution in [-0.4, -0.2) is 35.0 Å². The fourth-order valence-electron chi connectivity index (χ4n) is 4.61. The molecule has 0 bridgehead atoms. The molecule has 186 valence electrons. The summed E-state index contributed by atoms with van der Waals surface area (Å²) in [5, 5.41) is 8.27. The van der Waals surface area contributed by atoms with E-state index in [1.807, 2.05) is 31.2 Å². The number of nitrogens with zero attached hydrogens (tertiary/aromatic N) is 3. The van der Waals surface area contributed by atoms with Crippen molar-refractivity contribution in [3.63, 3.8) is 0 Å². The number of halogens is 2. The van der Waals surface area contributed by atoms with E-state index < -0.39 is 11.7 Å². The van der Waals surface area contributed by atoms with E-state index in [0.717, 1.165) is 35.7 Å². The van der Waals surface area contributed by atoms with Crippen LogP contribution in [0.5, 0.6) is 0 Å². The Morgan fingerprint density at radius 3 is 2.75 bits per heavy atom. The lowest BCUT2D eigenvalue weighted by Crippen LogP contribution is -2.49. The molecule has 0 aliphatic carbocycles. The molecule has 0 spiro atoms. The van der Waals surface area contributed by atoms with E-state index in [9.17, 15) is 4.79 Å². The minimum atomic E-state index is -0.625. The topological polar surface area (TPSA) is 96.2 Å². The first-order chi connectivity index (χ1) is 17.0. The van der Waals surface area contributed by atoms with Crippen LogP contribution in [0.1, 0.15) is 28.8 Å². The third-order valence-electron chi connectivity index (χ3n) is 6.36. The number of hydrogen-bond acceptors (Lipinski definition) is 6. The number of nitrogens with two attached hydrogens (primary N) is 1. The molecule has 4 N–H and O–H groups in total. The number of piperidine rings is 1. The fraction of sp³-hybridized carbons (Fsp3) is 0.222. The van der Waals surface area contributed by atoms with Crippen LogP contribution in [0.15, 0.2) is 67.0 Å². The molecule has 7 nitrogen and oxygen atoms in total. The van der Waals surface area contributed by atoms with Crippen LogP contribution in [-0.2, 0) is 0 Å². The molecule has 3 heterocycles. The first-order valence-electron chi connectivity index (χ1n) is 11.7. The molecular weight excluding hydrogens is 479 g/mol. The second-order valence-electron chi connectivity index (χ2n) is 8.74. The molecule has 0 radical (unpaired) electrons. The quantitative estimate of drug-likeness (QED) is 0.343. The molecule has 1 aliphatic rings. The van der Waals surface area contributed by atoms with Gasteiger partial charge in [-0.15, -0.1) is 12.4 Å². The highest BCUT2D eigenvalue weighted by atomic mass is 35.5. The first-order valence-corrected chi connectivity index (χ1v) is 11.7. The molecule has 2 aromatic heterocycles. The summed E-state index contributed by atoms with van der Waals surface area (Å²) < 4.78 is 15.4. The van der Waals surface area contributed by atoms with E-state index in [2.05, 4.69) is 20.6 Å². The Morgan fingerprint density at radius 2 is 2.00 bits per heavy atom. The number of carbonyl (C=O) groups is 1. The number of nitrogens with one attached hydrogen (secondary N) is 2. The zero-order valence-electron chi connectivity index (χ0n) is 19.9. The SMILES string of the molecule is Cc1cccc2ccnc(N(C(=O)c3ccc(Nc4ncccc4N)cc3F)[C@@H]3CCCNC3)c12.Cl. The Hall–Kier alpha value is -3.75. The van der Waals surface area contributed by atoms with Gasteiger partial charge in [0.15, 0.2) is 5.82 Å². The summed E-state index contributed by atoms with van der Waals surface area (Å²) in [6.45, 7) is 3.52. The van der Waals surface area contributed by atoms with Crippen molar-refractivity contribution >= 4 is 52.1 Å². The summed E-state index contributed by atoms with van der Waals surface area (Å²) in [4.78, 5) is 24.4. The van der Waals surface area contributed by atoms with E-state index in [-0.39, 0.29) is 24.0 Å². The maximum atomic E-state index is 15.4. The highest BCUT2D eigenvalue weighted by Gasteiger charge is 2.31. The zero-order chi connectivity index (χ0) is 24.4. The molecule has 0 saturated carbocycles. The van der Waals surface area contributed by atoms with Gasteiger partial charge in [-0.05, 0) is 73.7 Å². The molecule has 1 atom stereocenters. The smallest absolute Gasteiger partial charge is 0.262 e. The maximum Gasteiger partial charge on any atom is 0.262 e. The molecule has 4 aromatic rings. The van der Waals surface area contributed by atoms with E-state index in [1.165, 1.54) is 12.1 Å². The average molecular weight is 507 g/mol. The lowest BCUT2D eigenvalue weighted by atomic mass is 10.0. The molecular formula is C27H28ClFN6O. The third-order valence-corrected chi connectivity index (χ3v) is 6.36. The van der Waals surface area contributed by atoms with Gasteiger partial charge in [-0.2, -0.15) is 0 Å². The summed E-state index contributed by atoms with van der Waals surface area (Å²) in [6.07, 6.45) is 5.04. The number of rotatable bonds is 5. The van der Waals surface area contributed by atoms with Gasteiger partial charge in [-0.1, -0.05) is 18.2 Å². The summed E-state index contributed by atoms with van der Waals surface area (Å²) in [5.74, 6) is -0.0537. The van der Waals surface area contributed by atoms with Crippen LogP contribution >= 0.6 is 12.4 Å². The third kappa shape index (κ3) is 4.96. The molecule has 2 aromatic carbocycles. The van der Waals surface area contributed by atoms with E-state index in [0.29, 0.717) is 29.6 Å². The van der Waals surface area contributed by atoms with Crippen LogP contribution in [0, 0.1) is 12.7 Å². The number of hydrogen-bond donors (Lipinski definition) is 3. The second-order valence-corrected chi connectivity index (χ2v) is 8.74. The van der Waals surface area contributed by atoms with Gasteiger partial charge in [-0.25, -0.2) is 14.4 Å². The van der Waals surface area contributed by atoms with Crippen molar-refractivity contribution in [2.24, 2.45) is 0 Å². The Balaban J connectivity index is 0.00000304. The van der Waals surface area contributed by atoms with Gasteiger partial charge in [-0.3, -0.25) is 9.69 Å². The van der Waals surface area contributed by atoms with Crippen molar-refractivity contribution in [2.75, 3.05) is 29.0 Å². The summed E-state index contributed by atoms with van der Waals surface area (Å²) in [7, 11) is 0. The predicted octanol–water partition coefficient (Wildman–Crippen LogP) is 5.22. The lowest BCUT2D eigenvalue weighted by Gasteiger charge is -2.35. The van der Waals surface area contributed by atoms with Gasteiger partial charge in [0, 0.05) is 30.0 Å². The van der Waals surface area contributed by atoms with Crippen LogP contribution < -0.4 is 21.3 Å². The number of aryl methyl sites for hydroxylation is 1. The van der Waals surface area contributed by atoms with E-state index >= 15 is 4.39 Å². The number of amides is 1. The number of anilines is 4. The average Bonchev–Trinajstić information content (AvgIpc) is 2.86. The van der Waals surface area contributed by atoms with Crippen molar-refractivity contribution in [2.45, 2.75) is 25.8 Å². The van der Waals surface area contributed by atoms with Crippen molar-refractivity contribution < 1.29 is 9.18 Å². The highest BCUT2D eigenvalue weighted by molar-refractivity contribution is 6.11. The Kier molecular flexibility index (Phi) is 7.67. The highest BCUT2D eigenvalue weighted by Crippen LogP contribution is 2.32. The molecule has 9 heteroatoms. The number of benzene rings is 2. The summed E-state index contributed by atoms with van der Waals surface area (Å²) in [5.41, 5.74) is 7.84. The number of pyridine rings is 2. The monoisotopic (exact) mass is 506 g/mol. The van der Waals surface area contributed by atoms with Crippen molar-refractivity contribution in [1.82, 2.24) is 15.3 Å². The summed E-state index contributed by atoms with van der Waals surface area (Å²) in [6, 6.07) is 15.6. The molecule has 0 unspecified atom stereocenters. The van der Waals surface area contributed by atoms with Crippen LogP contribution in [0.3, 0.4) is 0 Å². The van der Waals surface area contributed by atoms with Crippen molar-refractivity contribution in [3.05, 3.63) is 83.9 Å². The van der Waals surface area contributed by atoms with Gasteiger partial charge in [0.1, 0.15) is 11.6 Å². The van der Waals surface area contributed by atoms with Gasteiger partial charge in [0.05, 0.1) is 17.3 Å². The normalized spacial score (nSPS) is 15.2. The number of nitrogen functional groups attached to an aromatic ring is 1. The number of aromatic nitrogens is 2. The summed E-state index contributed by atoms with van der Waals surface area (Å²) >= 11 is 0. The lowest BCUT2D eigenvalue weighted by molar-refractivity contribution is 0.0968. The molecule has 1 fully saturated rings. The molecule has 1 amide bonds. The van der Waals surface area contributed by atoms with Gasteiger partial charge in [0.2, 0.25) is 0 Å². The van der Waals surface area contributed by atoms with Crippen LogP contribution in [0.2, 0.25) is 0 Å². The van der Waals surface area contributed by atoms with Crippen LogP contribution in [0.25, 0.3) is 10.8 Å². The van der Waals surface area contributed by atoms with Crippen molar-refractivity contribution in [1.29, 1.82) is 0 Å². The number of carbonyl (C=O) groups excluding carboxylic acids is 1. The number of fused-ring (bicyclic) bond motifs is 1. The Morgan fingerprint density at radius 1 is 1.14 bits per heavy atom. The standard InChI is InChI=1S/C27H27FN6O.ClH/c1-17-5-2-6-18-11-14-32-26(24(17)18)34(20-7-3-12-30-16-20)27(35)21-10-9-19(15-22(21)28)33-25-23(29)8-4-13-31-25;/h2,4-6,8-11,13-15,20,30H,3,7,12,16,29H2,1H3,(H,31,33);1H/t20-;/m1./s1. The molecule has 1 saturated heterocycles. The van der Waals surface area contributed by atoms with Gasteiger partial charge >= 0.3 is 0 Å². The molecule has 36 heavy (non-hydrogen) atoms. The zero-order valence-corrected chi connectivity index (χ0v) is 20.7. The molecule has 1 aliphatic heterocycles. The first kappa shape index (κ1) is 25.3. The Labute approximate surface area is 215 Å². The van der Waals surface area contributed by atoms with E-state index in [4.69, 9.17) is 5.73 Å². The largest absolute Gasteiger partial charge is 0.396 e. The Bertz CT molecular complexity index is 1390. The van der Waals surface area contributed by atoms with Gasteiger partial charge in [0.25, 0.3) is 5.91 Å². The molecule has 5 rings (SSSR count). The van der Waals surface area contributed by atoms with Crippen molar-refractivity contribution in [3.8, 4) is 0 Å².